The summed E-state index contributed by atoms with van der Waals surface area (Å²) in [6.07, 6.45) is 0.682. The summed E-state index contributed by atoms with van der Waals surface area (Å²) in [5.41, 5.74) is 0. The van der Waals surface area contributed by atoms with Gasteiger partial charge in [-0.3, -0.25) is 17.3 Å². The van der Waals surface area contributed by atoms with Crippen molar-refractivity contribution in [2.24, 2.45) is 0 Å². The minimum atomic E-state index is -1.96. The fraction of sp³-hybridized carbons (Fsp3) is 0.923. The van der Waals surface area contributed by atoms with E-state index in [0.717, 1.165) is 5.75 Å². The standard InChI is InChI=1S/C13H26O5S2/c1-5-16-20(17-6-2,18-7-3)10-8-9-15-12(14)13(4)11-19-13/h5-11H2,1-4H3. The summed E-state index contributed by atoms with van der Waals surface area (Å²) in [5.74, 6) is 1.37. The fourth-order valence-electron chi connectivity index (χ4n) is 1.60. The normalized spacial score (nSPS) is 22.6. The molecule has 1 aliphatic heterocycles. The monoisotopic (exact) mass is 326 g/mol. The molecule has 1 aliphatic rings. The molecule has 1 saturated heterocycles. The van der Waals surface area contributed by atoms with Crippen molar-refractivity contribution in [1.82, 2.24) is 0 Å². The van der Waals surface area contributed by atoms with E-state index < -0.39 is 10.9 Å². The molecule has 0 aromatic rings. The van der Waals surface area contributed by atoms with E-state index in [4.69, 9.17) is 17.3 Å². The van der Waals surface area contributed by atoms with E-state index in [1.165, 1.54) is 0 Å². The maximum atomic E-state index is 11.7. The van der Waals surface area contributed by atoms with Crippen LogP contribution in [0.5, 0.6) is 0 Å². The second-order valence-electron chi connectivity index (χ2n) is 4.49. The predicted octanol–water partition coefficient (Wildman–Crippen LogP) is 3.08. The Morgan fingerprint density at radius 2 is 1.65 bits per heavy atom. The van der Waals surface area contributed by atoms with Gasteiger partial charge in [-0.1, -0.05) is 0 Å². The Morgan fingerprint density at radius 3 is 2.05 bits per heavy atom. The van der Waals surface area contributed by atoms with Crippen molar-refractivity contribution < 1.29 is 22.1 Å². The van der Waals surface area contributed by atoms with Crippen LogP contribution in [0.25, 0.3) is 0 Å². The van der Waals surface area contributed by atoms with Crippen molar-refractivity contribution in [2.75, 3.05) is 37.9 Å². The summed E-state index contributed by atoms with van der Waals surface area (Å²) in [7, 11) is -1.96. The maximum absolute atomic E-state index is 11.7. The topological polar surface area (TPSA) is 54.0 Å². The van der Waals surface area contributed by atoms with Crippen LogP contribution >= 0.6 is 22.6 Å². The molecule has 0 amide bonds. The highest BCUT2D eigenvalue weighted by Gasteiger charge is 2.48. The van der Waals surface area contributed by atoms with Gasteiger partial charge in [-0.25, -0.2) is 0 Å². The molecule has 0 aliphatic carbocycles. The number of thioether (sulfide) groups is 1. The van der Waals surface area contributed by atoms with Gasteiger partial charge in [0.2, 0.25) is 0 Å². The van der Waals surface area contributed by atoms with Crippen LogP contribution in [0.1, 0.15) is 34.1 Å². The van der Waals surface area contributed by atoms with E-state index in [2.05, 4.69) is 0 Å². The lowest BCUT2D eigenvalue weighted by Gasteiger charge is -2.36. The van der Waals surface area contributed by atoms with E-state index in [-0.39, 0.29) is 10.7 Å². The van der Waals surface area contributed by atoms with Crippen molar-refractivity contribution in [3.05, 3.63) is 0 Å². The Hall–Kier alpha value is 0.0500. The van der Waals surface area contributed by atoms with Gasteiger partial charge in [-0.15, -0.1) is 11.8 Å². The Bertz CT molecular complexity index is 290. The van der Waals surface area contributed by atoms with Gasteiger partial charge >= 0.3 is 5.97 Å². The van der Waals surface area contributed by atoms with Crippen molar-refractivity contribution >= 4 is 28.6 Å². The highest BCUT2D eigenvalue weighted by atomic mass is 32.3. The molecule has 0 saturated carbocycles. The number of esters is 1. The van der Waals surface area contributed by atoms with Gasteiger partial charge in [0, 0.05) is 11.5 Å². The zero-order valence-electron chi connectivity index (χ0n) is 12.8. The van der Waals surface area contributed by atoms with Crippen LogP contribution in [0, 0.1) is 0 Å². The van der Waals surface area contributed by atoms with Gasteiger partial charge in [0.1, 0.15) is 4.75 Å². The number of rotatable bonds is 11. The first-order valence-electron chi connectivity index (χ1n) is 7.07. The summed E-state index contributed by atoms with van der Waals surface area (Å²) >= 11 is 1.62. The predicted molar refractivity (Wildman–Crippen MR) is 83.8 cm³/mol. The van der Waals surface area contributed by atoms with Crippen LogP contribution in [0.3, 0.4) is 0 Å². The van der Waals surface area contributed by atoms with E-state index in [1.807, 2.05) is 27.7 Å². The molecule has 7 heteroatoms. The summed E-state index contributed by atoms with van der Waals surface area (Å²) in [5, 5.41) is 0. The summed E-state index contributed by atoms with van der Waals surface area (Å²) in [6.45, 7) is 9.70. The number of carbonyl (C=O) groups is 1. The Balaban J connectivity index is 2.34. The number of carbonyl (C=O) groups excluding carboxylic acids is 1. The Labute approximate surface area is 128 Å². The lowest BCUT2D eigenvalue weighted by atomic mass is 10.2. The minimum absolute atomic E-state index is 0.118. The number of ether oxygens (including phenoxy) is 1. The molecule has 1 unspecified atom stereocenters. The van der Waals surface area contributed by atoms with Gasteiger partial charge in [0.15, 0.2) is 0 Å². The third kappa shape index (κ3) is 5.44. The molecule has 1 fully saturated rings. The van der Waals surface area contributed by atoms with Crippen LogP contribution < -0.4 is 0 Å². The molecule has 1 rings (SSSR count). The average Bonchev–Trinajstić information content (AvgIpc) is 3.15. The quantitative estimate of drug-likeness (QED) is 0.330. The summed E-state index contributed by atoms with van der Waals surface area (Å²) in [4.78, 5) is 11.7. The summed E-state index contributed by atoms with van der Waals surface area (Å²) in [6, 6.07) is 0. The molecule has 120 valence electrons. The molecule has 5 nitrogen and oxygen atoms in total. The largest absolute Gasteiger partial charge is 0.465 e. The lowest BCUT2D eigenvalue weighted by Crippen LogP contribution is -2.23. The van der Waals surface area contributed by atoms with Gasteiger partial charge in [-0.2, -0.15) is 0 Å². The van der Waals surface area contributed by atoms with E-state index in [0.29, 0.717) is 38.6 Å². The van der Waals surface area contributed by atoms with Gasteiger partial charge in [0.25, 0.3) is 0 Å². The van der Waals surface area contributed by atoms with E-state index >= 15 is 0 Å². The Kier molecular flexibility index (Phi) is 7.68. The van der Waals surface area contributed by atoms with Crippen molar-refractivity contribution in [1.29, 1.82) is 0 Å². The van der Waals surface area contributed by atoms with E-state index in [1.54, 1.807) is 11.8 Å². The lowest BCUT2D eigenvalue weighted by molar-refractivity contribution is -0.144. The van der Waals surface area contributed by atoms with Crippen molar-refractivity contribution in [2.45, 2.75) is 38.9 Å². The second-order valence-corrected chi connectivity index (χ2v) is 8.20. The number of hydrogen-bond acceptors (Lipinski definition) is 6. The van der Waals surface area contributed by atoms with Gasteiger partial charge < -0.3 is 4.74 Å². The molecule has 0 spiro atoms. The minimum Gasteiger partial charge on any atom is -0.465 e. The zero-order chi connectivity index (χ0) is 15.1. The highest BCUT2D eigenvalue weighted by Crippen LogP contribution is 2.52. The van der Waals surface area contributed by atoms with Crippen molar-refractivity contribution in [3.8, 4) is 0 Å². The van der Waals surface area contributed by atoms with Crippen molar-refractivity contribution in [3.63, 3.8) is 0 Å². The SMILES string of the molecule is CCOS(CCCOC(=O)C1(C)CS1)(OCC)OCC. The molecule has 0 N–H and O–H groups in total. The van der Waals surface area contributed by atoms with Crippen LogP contribution in [0.4, 0.5) is 0 Å². The van der Waals surface area contributed by atoms with Crippen LogP contribution in [0.15, 0.2) is 0 Å². The first-order chi connectivity index (χ1) is 9.52. The number of hydrogen-bond donors (Lipinski definition) is 0. The highest BCUT2D eigenvalue weighted by molar-refractivity contribution is 8.21. The van der Waals surface area contributed by atoms with Crippen LogP contribution in [-0.2, 0) is 22.1 Å². The van der Waals surface area contributed by atoms with E-state index in [9.17, 15) is 4.79 Å². The molecule has 20 heavy (non-hydrogen) atoms. The molecule has 1 atom stereocenters. The zero-order valence-corrected chi connectivity index (χ0v) is 14.4. The molecule has 0 aromatic heterocycles. The van der Waals surface area contributed by atoms with Gasteiger partial charge in [0.05, 0.1) is 37.3 Å². The van der Waals surface area contributed by atoms with Crippen LogP contribution in [-0.4, -0.2) is 48.6 Å². The third-order valence-corrected chi connectivity index (χ3v) is 6.57. The Morgan fingerprint density at radius 1 is 1.15 bits per heavy atom. The van der Waals surface area contributed by atoms with Crippen LogP contribution in [0.2, 0.25) is 0 Å². The van der Waals surface area contributed by atoms with Gasteiger partial charge in [-0.05, 0) is 34.1 Å². The first-order valence-corrected chi connectivity index (χ1v) is 9.63. The molecular weight excluding hydrogens is 300 g/mol. The third-order valence-electron chi connectivity index (χ3n) is 2.67. The maximum Gasteiger partial charge on any atom is 0.322 e. The second kappa shape index (κ2) is 8.48. The molecule has 0 bridgehead atoms. The molecular formula is C13H26O5S2. The molecule has 0 radical (unpaired) electrons. The average molecular weight is 326 g/mol. The fourth-order valence-corrected chi connectivity index (χ4v) is 4.21. The first kappa shape index (κ1) is 18.1. The molecule has 1 heterocycles. The smallest absolute Gasteiger partial charge is 0.322 e. The molecule has 0 aromatic carbocycles. The summed E-state index contributed by atoms with van der Waals surface area (Å²) < 4.78 is 22.1.